The van der Waals surface area contributed by atoms with Crippen LogP contribution in [0.15, 0.2) is 12.2 Å². The number of rotatable bonds is 16. The van der Waals surface area contributed by atoms with Crippen LogP contribution in [-0.2, 0) is 67.1 Å². The molecule has 1 saturated heterocycles. The van der Waals surface area contributed by atoms with E-state index in [1.807, 2.05) is 41.5 Å². The number of Topliss-reactive ketones (excluding diaryl/α,β-unsaturated/α-hetero) is 3. The third-order valence-corrected chi connectivity index (χ3v) is 17.7. The molecule has 0 bridgehead atoms. The maximum absolute atomic E-state index is 15.4. The molecular formula is C67H114N8O14. The number of aldehydes is 1. The molecule has 1 aliphatic rings. The summed E-state index contributed by atoms with van der Waals surface area (Å²) in [6.45, 7) is 30.5. The average molecular weight is 1260 g/mol. The van der Waals surface area contributed by atoms with Crippen molar-refractivity contribution in [2.45, 2.75) is 230 Å². The lowest BCUT2D eigenvalue weighted by molar-refractivity contribution is -0.164. The number of nitrogens with zero attached hydrogens (tertiary/aromatic N) is 7. The van der Waals surface area contributed by atoms with Crippen molar-refractivity contribution in [3.05, 3.63) is 12.2 Å². The van der Waals surface area contributed by atoms with Crippen LogP contribution >= 0.6 is 0 Å². The van der Waals surface area contributed by atoms with Crippen molar-refractivity contribution in [3.63, 3.8) is 0 Å². The Bertz CT molecular complexity index is 2510. The lowest BCUT2D eigenvalue weighted by Gasteiger charge is -2.42. The van der Waals surface area contributed by atoms with E-state index in [-0.39, 0.29) is 62.7 Å². The average Bonchev–Trinajstić information content (AvgIpc) is 0.924. The van der Waals surface area contributed by atoms with Gasteiger partial charge in [-0.3, -0.25) is 57.5 Å². The molecule has 22 heteroatoms. The van der Waals surface area contributed by atoms with Crippen LogP contribution in [0.1, 0.15) is 176 Å². The van der Waals surface area contributed by atoms with Gasteiger partial charge in [-0.25, -0.2) is 0 Å². The van der Waals surface area contributed by atoms with Crippen molar-refractivity contribution in [3.8, 4) is 0 Å². The number of hydrogen-bond donors (Lipinski definition) is 1. The first-order chi connectivity index (χ1) is 41.1. The molecule has 0 aromatic heterocycles. The van der Waals surface area contributed by atoms with Crippen LogP contribution < -0.4 is 5.32 Å². The number of nitrogens with one attached hydrogen (secondary N) is 1. The van der Waals surface area contributed by atoms with Crippen molar-refractivity contribution in [1.29, 1.82) is 0 Å². The van der Waals surface area contributed by atoms with Gasteiger partial charge < -0.3 is 49.1 Å². The fraction of sp³-hybridized carbons (Fsp3) is 0.776. The van der Waals surface area contributed by atoms with Crippen LogP contribution in [0.25, 0.3) is 0 Å². The minimum Gasteiger partial charge on any atom is -0.459 e. The number of esters is 1. The third kappa shape index (κ3) is 21.9. The zero-order valence-electron chi connectivity index (χ0n) is 58.7. The molecule has 1 heterocycles. The molecule has 0 aliphatic carbocycles. The topological polar surface area (TPSA) is 266 Å². The van der Waals surface area contributed by atoms with E-state index in [4.69, 9.17) is 4.74 Å². The van der Waals surface area contributed by atoms with E-state index < -0.39 is 173 Å². The fourth-order valence-electron chi connectivity index (χ4n) is 12.0. The maximum Gasteiger partial charge on any atom is 0.303 e. The first kappa shape index (κ1) is 80.7. The zero-order chi connectivity index (χ0) is 69.1. The largest absolute Gasteiger partial charge is 0.459 e. The van der Waals surface area contributed by atoms with Crippen molar-refractivity contribution in [2.24, 2.45) is 59.2 Å². The monoisotopic (exact) mass is 1250 g/mol. The van der Waals surface area contributed by atoms with E-state index in [0.717, 1.165) is 21.6 Å². The molecular weight excluding hydrogens is 1140 g/mol. The SMILES string of the molecule is C/C=C/C[C@@H](C)[C@@H](OC(C)=O)[C@H]1C(=O)N[C@@H](CC)C(=O)N(C)[C@H](C)C(=O)N(C)[C@@H]([C@@H](C)C=O)C(=O)C[C@@H](C(C)C)C(=O)N(C)[C@@H](CC(C)C)C(=O)C[C@@H](C)C(=O)C[C@H](C)C(=O)N(C)[C@@H](CC(C)C)C(=O)N(C)[C@@H](CC(C)C)C(=O)N(C)[C@@H](C(C)C)C(=O)N1C. The van der Waals surface area contributed by atoms with Gasteiger partial charge in [0, 0.05) is 99.2 Å². The van der Waals surface area contributed by atoms with Gasteiger partial charge in [0.15, 0.2) is 11.6 Å². The van der Waals surface area contributed by atoms with E-state index in [1.165, 1.54) is 82.8 Å². The second-order valence-corrected chi connectivity index (χ2v) is 27.3. The predicted molar refractivity (Wildman–Crippen MR) is 342 cm³/mol. The van der Waals surface area contributed by atoms with Gasteiger partial charge >= 0.3 is 5.97 Å². The number of allylic oxidation sites excluding steroid dienone is 2. The smallest absolute Gasteiger partial charge is 0.303 e. The normalized spacial score (nSPS) is 27.5. The fourth-order valence-corrected chi connectivity index (χ4v) is 12.0. The van der Waals surface area contributed by atoms with E-state index in [2.05, 4.69) is 5.32 Å². The summed E-state index contributed by atoms with van der Waals surface area (Å²) in [5, 5.41) is 2.78. The molecule has 22 nitrogen and oxygen atoms in total. The number of amides is 8. The molecule has 0 unspecified atom stereocenters. The highest BCUT2D eigenvalue weighted by atomic mass is 16.5. The molecule has 0 spiro atoms. The summed E-state index contributed by atoms with van der Waals surface area (Å²) >= 11 is 0. The second kappa shape index (κ2) is 36.5. The summed E-state index contributed by atoms with van der Waals surface area (Å²) in [4.78, 5) is 197. The van der Waals surface area contributed by atoms with Crippen LogP contribution in [0.2, 0.25) is 0 Å². The Hall–Kier alpha value is -6.35. The van der Waals surface area contributed by atoms with Crippen molar-refractivity contribution < 1.29 is 67.1 Å². The Morgan fingerprint density at radius 2 is 0.966 bits per heavy atom. The Balaban J connectivity index is 4.50. The van der Waals surface area contributed by atoms with E-state index >= 15 is 19.2 Å². The molecule has 89 heavy (non-hydrogen) atoms. The number of carbonyl (C=O) groups excluding carboxylic acids is 13. The highest BCUT2D eigenvalue weighted by molar-refractivity contribution is 6.00. The minimum absolute atomic E-state index is 0.0398. The summed E-state index contributed by atoms with van der Waals surface area (Å²) in [5.41, 5.74) is 0. The number of carbonyl (C=O) groups is 13. The highest BCUT2D eigenvalue weighted by Gasteiger charge is 2.47. The molecule has 0 aromatic carbocycles. The summed E-state index contributed by atoms with van der Waals surface area (Å²) < 4.78 is 5.93. The second-order valence-electron chi connectivity index (χ2n) is 27.3. The molecule has 1 N–H and O–H groups in total. The number of hydrogen-bond acceptors (Lipinski definition) is 14. The Morgan fingerprint density at radius 3 is 1.42 bits per heavy atom. The maximum atomic E-state index is 15.4. The first-order valence-corrected chi connectivity index (χ1v) is 32.1. The van der Waals surface area contributed by atoms with Gasteiger partial charge in [-0.05, 0) is 81.5 Å². The summed E-state index contributed by atoms with van der Waals surface area (Å²) in [5.74, 6) is -13.7. The number of ketones is 3. The van der Waals surface area contributed by atoms with Gasteiger partial charge in [-0.1, -0.05) is 116 Å². The molecule has 1 aliphatic heterocycles. The summed E-state index contributed by atoms with van der Waals surface area (Å²) in [6, 6.07) is -10.3. The lowest BCUT2D eigenvalue weighted by atomic mass is 9.83. The highest BCUT2D eigenvalue weighted by Crippen LogP contribution is 2.30. The van der Waals surface area contributed by atoms with Gasteiger partial charge in [0.2, 0.25) is 47.3 Å². The molecule has 8 amide bonds. The molecule has 0 radical (unpaired) electrons. The zero-order valence-corrected chi connectivity index (χ0v) is 58.7. The Morgan fingerprint density at radius 1 is 0.517 bits per heavy atom. The van der Waals surface area contributed by atoms with Crippen LogP contribution in [0.4, 0.5) is 0 Å². The van der Waals surface area contributed by atoms with Gasteiger partial charge in [0.1, 0.15) is 54.4 Å². The standard InChI is InChI=1S/C67H114N8O14/c1-26-28-29-42(13)59(89-47(18)77)58-60(81)68-49(27-2)64(85)69(19)46(17)62(83)74(24)57(45(16)36-76)55(80)35-48(40(9)10)63(84)70(20)50(30-37(3)4)54(79)33-43(14)53(78)34-44(15)61(82)71(21)51(31-38(5)6)65(86)72(22)52(32-39(7)8)66(87)73(23)56(41(11)12)67(88)75(58)25/h26,28,36-46,48-52,56-59H,27,29-35H2,1-25H3,(H,68,81)/b28-26+/t42-,43-,44+,45+,46-,48+,49+,50+,51+,52+,56+,57+,58+,59-/m1/s1. The van der Waals surface area contributed by atoms with Gasteiger partial charge in [0.25, 0.3) is 0 Å². The van der Waals surface area contributed by atoms with Crippen molar-refractivity contribution in [1.82, 2.24) is 39.6 Å². The quantitative estimate of drug-likeness (QED) is 0.101. The van der Waals surface area contributed by atoms with Crippen LogP contribution in [0, 0.1) is 59.2 Å². The molecule has 14 atom stereocenters. The third-order valence-electron chi connectivity index (χ3n) is 17.7. The molecule has 0 aromatic rings. The Kier molecular flexibility index (Phi) is 33.1. The van der Waals surface area contributed by atoms with Crippen molar-refractivity contribution >= 4 is 76.9 Å². The van der Waals surface area contributed by atoms with E-state index in [0.29, 0.717) is 6.29 Å². The molecule has 0 saturated carbocycles. The van der Waals surface area contributed by atoms with Crippen LogP contribution in [0.3, 0.4) is 0 Å². The minimum atomic E-state index is -1.63. The van der Waals surface area contributed by atoms with E-state index in [9.17, 15) is 43.2 Å². The molecule has 506 valence electrons. The lowest BCUT2D eigenvalue weighted by Crippen LogP contribution is -2.64. The number of likely N-dealkylation sites (N-methyl/N-ethyl adjacent to an activating group) is 7. The van der Waals surface area contributed by atoms with E-state index in [1.54, 1.807) is 74.5 Å². The van der Waals surface area contributed by atoms with Gasteiger partial charge in [0.05, 0.1) is 12.1 Å². The van der Waals surface area contributed by atoms with Crippen LogP contribution in [0.5, 0.6) is 0 Å². The van der Waals surface area contributed by atoms with Gasteiger partial charge in [-0.15, -0.1) is 0 Å². The summed E-state index contributed by atoms with van der Waals surface area (Å²) in [7, 11) is 9.86. The van der Waals surface area contributed by atoms with Crippen LogP contribution in [-0.4, -0.2) is 215 Å². The predicted octanol–water partition coefficient (Wildman–Crippen LogP) is 6.29. The molecule has 1 rings (SSSR count). The summed E-state index contributed by atoms with van der Waals surface area (Å²) in [6.07, 6.45) is 2.54. The van der Waals surface area contributed by atoms with Crippen molar-refractivity contribution in [2.75, 3.05) is 49.3 Å². The Labute approximate surface area is 532 Å². The first-order valence-electron chi connectivity index (χ1n) is 32.1. The van der Waals surface area contributed by atoms with Gasteiger partial charge in [-0.2, -0.15) is 0 Å². The number of ether oxygens (including phenoxy) is 1. The molecule has 1 fully saturated rings.